The lowest BCUT2D eigenvalue weighted by atomic mass is 10.8. The molecule has 5 nitrogen and oxygen atoms in total. The van der Waals surface area contributed by atoms with Gasteiger partial charge in [-0.3, -0.25) is 0 Å². The van der Waals surface area contributed by atoms with Crippen LogP contribution < -0.4 is 0 Å². The van der Waals surface area contributed by atoms with Crippen molar-refractivity contribution in [2.75, 3.05) is 28.4 Å². The Morgan fingerprint density at radius 1 is 0.917 bits per heavy atom. The smallest absolute Gasteiger partial charge is 0.357 e. The second-order valence-corrected chi connectivity index (χ2v) is 4.49. The minimum absolute atomic E-state index is 0.406. The van der Waals surface area contributed by atoms with Crippen LogP contribution in [0.15, 0.2) is 0 Å². The Morgan fingerprint density at radius 3 is 1.58 bits per heavy atom. The number of methoxy groups -OCH3 is 1. The molecule has 0 aliphatic rings. The molecule has 0 heterocycles. The van der Waals surface area contributed by atoms with Crippen LogP contribution in [0.2, 0.25) is 0 Å². The summed E-state index contributed by atoms with van der Waals surface area (Å²) in [4.78, 5) is 0. The summed E-state index contributed by atoms with van der Waals surface area (Å²) < 4.78 is 25.2. The van der Waals surface area contributed by atoms with E-state index in [0.717, 1.165) is 0 Å². The van der Waals surface area contributed by atoms with Crippen molar-refractivity contribution in [2.24, 2.45) is 0 Å². The predicted molar refractivity (Wildman–Crippen MR) is 44.3 cm³/mol. The molecule has 0 aliphatic heterocycles. The second kappa shape index (κ2) is 5.63. The van der Waals surface area contributed by atoms with Crippen molar-refractivity contribution in [3.05, 3.63) is 0 Å². The molecule has 0 amide bonds. The third kappa shape index (κ3) is 3.17. The number of hydrogen-bond donors (Lipinski definition) is 0. The molecule has 0 spiro atoms. The van der Waals surface area contributed by atoms with E-state index in [2.05, 4.69) is 0 Å². The van der Waals surface area contributed by atoms with Gasteiger partial charge in [0.05, 0.1) is 0 Å². The van der Waals surface area contributed by atoms with Gasteiger partial charge in [0.2, 0.25) is 0 Å². The van der Waals surface area contributed by atoms with E-state index in [1.54, 1.807) is 6.92 Å². The zero-order chi connectivity index (χ0) is 9.61. The summed E-state index contributed by atoms with van der Waals surface area (Å²) in [7, 11) is 3.03. The van der Waals surface area contributed by atoms with E-state index < -0.39 is 15.3 Å². The van der Waals surface area contributed by atoms with E-state index >= 15 is 0 Å². The lowest BCUT2D eigenvalue weighted by molar-refractivity contribution is -0.114. The first-order valence-electron chi connectivity index (χ1n) is 3.50. The zero-order valence-corrected chi connectivity index (χ0v) is 9.12. The zero-order valence-electron chi connectivity index (χ0n) is 8.12. The van der Waals surface area contributed by atoms with Crippen molar-refractivity contribution in [3.8, 4) is 0 Å². The molecule has 0 aromatic heterocycles. The quantitative estimate of drug-likeness (QED) is 0.454. The van der Waals surface area contributed by atoms with Crippen LogP contribution >= 0.6 is 0 Å². The van der Waals surface area contributed by atoms with E-state index in [1.165, 1.54) is 28.4 Å². The molecular weight excluding hydrogens is 180 g/mol. The third-order valence-electron chi connectivity index (χ3n) is 1.39. The van der Waals surface area contributed by atoms with Crippen LogP contribution in [0.5, 0.6) is 0 Å². The highest BCUT2D eigenvalue weighted by molar-refractivity contribution is 6.53. The Hall–Kier alpha value is 0.0169. The van der Waals surface area contributed by atoms with Gasteiger partial charge >= 0.3 is 9.05 Å². The summed E-state index contributed by atoms with van der Waals surface area (Å²) in [6.07, 6.45) is -0.406. The van der Waals surface area contributed by atoms with Gasteiger partial charge in [0, 0.05) is 28.4 Å². The molecular formula is C6H16O5Si. The van der Waals surface area contributed by atoms with Crippen LogP contribution in [0.25, 0.3) is 0 Å². The average molecular weight is 196 g/mol. The monoisotopic (exact) mass is 196 g/mol. The first kappa shape index (κ1) is 12.0. The van der Waals surface area contributed by atoms with Gasteiger partial charge in [0.1, 0.15) is 0 Å². The van der Waals surface area contributed by atoms with Crippen LogP contribution in [-0.4, -0.2) is 43.8 Å². The first-order valence-corrected chi connectivity index (χ1v) is 5.13. The molecule has 1 unspecified atom stereocenters. The van der Waals surface area contributed by atoms with Crippen LogP contribution in [0.1, 0.15) is 6.92 Å². The first-order chi connectivity index (χ1) is 5.64. The molecule has 74 valence electrons. The van der Waals surface area contributed by atoms with Crippen LogP contribution in [-0.2, 0) is 22.4 Å². The average Bonchev–Trinajstić information content (AvgIpc) is 2.14. The van der Waals surface area contributed by atoms with Gasteiger partial charge in [-0.2, -0.15) is 0 Å². The molecule has 0 saturated heterocycles. The molecule has 0 saturated carbocycles. The van der Waals surface area contributed by atoms with Gasteiger partial charge in [-0.25, -0.2) is 0 Å². The van der Waals surface area contributed by atoms with Gasteiger partial charge in [0.25, 0.3) is 0 Å². The molecule has 0 bridgehead atoms. The van der Waals surface area contributed by atoms with E-state index in [-0.39, 0.29) is 0 Å². The van der Waals surface area contributed by atoms with Gasteiger partial charge in [0.15, 0.2) is 6.29 Å². The molecule has 0 radical (unpaired) electrons. The molecule has 0 aromatic rings. The molecule has 0 rings (SSSR count). The van der Waals surface area contributed by atoms with Crippen molar-refractivity contribution in [1.29, 1.82) is 0 Å². The van der Waals surface area contributed by atoms with Crippen LogP contribution in [0, 0.1) is 0 Å². The topological polar surface area (TPSA) is 46.2 Å². The molecule has 6 heteroatoms. The maximum Gasteiger partial charge on any atom is 0.680 e. The number of rotatable bonds is 6. The third-order valence-corrected chi connectivity index (χ3v) is 3.51. The number of ether oxygens (including phenoxy) is 1. The van der Waals surface area contributed by atoms with Gasteiger partial charge < -0.3 is 22.4 Å². The maximum absolute atomic E-state index is 5.28. The Labute approximate surface area is 74.0 Å². The molecule has 0 aromatic carbocycles. The Bertz CT molecular complexity index is 108. The highest BCUT2D eigenvalue weighted by Crippen LogP contribution is 2.10. The molecule has 0 N–H and O–H groups in total. The fourth-order valence-corrected chi connectivity index (χ4v) is 1.94. The summed E-state index contributed by atoms with van der Waals surface area (Å²) in [5, 5.41) is 0. The van der Waals surface area contributed by atoms with Gasteiger partial charge in [-0.05, 0) is 6.92 Å². The summed E-state index contributed by atoms with van der Waals surface area (Å²) >= 11 is 0. The minimum Gasteiger partial charge on any atom is -0.357 e. The van der Waals surface area contributed by atoms with Crippen molar-refractivity contribution in [3.63, 3.8) is 0 Å². The highest BCUT2D eigenvalue weighted by atomic mass is 28.4. The van der Waals surface area contributed by atoms with E-state index in [0.29, 0.717) is 0 Å². The Balaban J connectivity index is 4.09. The molecule has 1 atom stereocenters. The summed E-state index contributed by atoms with van der Waals surface area (Å²) in [6.45, 7) is 1.73. The fraction of sp³-hybridized carbons (Fsp3) is 1.00. The molecule has 12 heavy (non-hydrogen) atoms. The van der Waals surface area contributed by atoms with Gasteiger partial charge in [-0.1, -0.05) is 0 Å². The number of hydrogen-bond acceptors (Lipinski definition) is 5. The van der Waals surface area contributed by atoms with E-state index in [1.807, 2.05) is 0 Å². The van der Waals surface area contributed by atoms with Crippen molar-refractivity contribution in [2.45, 2.75) is 13.2 Å². The van der Waals surface area contributed by atoms with Crippen LogP contribution in [0.4, 0.5) is 0 Å². The SMILES string of the molecule is COC(C)O[Si](OC)(OC)OC. The van der Waals surface area contributed by atoms with Crippen molar-refractivity contribution in [1.82, 2.24) is 0 Å². The highest BCUT2D eigenvalue weighted by Gasteiger charge is 2.44. The standard InChI is InChI=1S/C6H16O5Si/c1-6(7-2)11-12(8-3,9-4)10-5/h6H,1-5H3. The van der Waals surface area contributed by atoms with Crippen molar-refractivity contribution >= 4 is 9.05 Å². The van der Waals surface area contributed by atoms with E-state index in [9.17, 15) is 0 Å². The minimum atomic E-state index is -2.93. The fourth-order valence-electron chi connectivity index (χ4n) is 0.646. The van der Waals surface area contributed by atoms with Crippen LogP contribution in [0.3, 0.4) is 0 Å². The largest absolute Gasteiger partial charge is 0.680 e. The second-order valence-electron chi connectivity index (χ2n) is 2.03. The maximum atomic E-state index is 5.28. The molecule has 0 fully saturated rings. The van der Waals surface area contributed by atoms with Crippen molar-refractivity contribution < 1.29 is 22.4 Å². The Morgan fingerprint density at radius 2 is 1.33 bits per heavy atom. The van der Waals surface area contributed by atoms with E-state index in [4.69, 9.17) is 22.4 Å². The lowest BCUT2D eigenvalue weighted by Crippen LogP contribution is -2.48. The summed E-state index contributed by atoms with van der Waals surface area (Å²) in [5.74, 6) is 0. The predicted octanol–water partition coefficient (Wildman–Crippen LogP) is 0.370. The van der Waals surface area contributed by atoms with Gasteiger partial charge in [-0.15, -0.1) is 0 Å². The lowest BCUT2D eigenvalue weighted by Gasteiger charge is -2.25. The normalized spacial score (nSPS) is 14.8. The Kier molecular flexibility index (Phi) is 5.63. The summed E-state index contributed by atoms with van der Waals surface area (Å²) in [6, 6.07) is 0. The molecule has 0 aliphatic carbocycles. The summed E-state index contributed by atoms with van der Waals surface area (Å²) in [5.41, 5.74) is 0.